The topological polar surface area (TPSA) is 45.5 Å². The van der Waals surface area contributed by atoms with Gasteiger partial charge in [0.25, 0.3) is 5.56 Å². The van der Waals surface area contributed by atoms with Crippen LogP contribution in [-0.2, 0) is 13.1 Å². The number of aromatic nitrogens is 1. The lowest BCUT2D eigenvalue weighted by atomic mass is 9.83. The number of phenolic OH excluding ortho intramolecular Hbond substituents is 1. The maximum absolute atomic E-state index is 12.1. The second-order valence-corrected chi connectivity index (χ2v) is 7.58. The third-order valence-electron chi connectivity index (χ3n) is 4.99. The van der Waals surface area contributed by atoms with Crippen LogP contribution in [0.4, 0.5) is 0 Å². The van der Waals surface area contributed by atoms with Crippen LogP contribution in [-0.4, -0.2) is 27.7 Å². The van der Waals surface area contributed by atoms with Crippen LogP contribution < -0.4 is 5.56 Å². The first kappa shape index (κ1) is 15.0. The molecule has 1 aromatic heterocycles. The van der Waals surface area contributed by atoms with E-state index in [-0.39, 0.29) is 5.56 Å². The number of nitrogens with zero attached hydrogens (tertiary/aromatic N) is 2. The Morgan fingerprint density at radius 2 is 2.04 bits per heavy atom. The summed E-state index contributed by atoms with van der Waals surface area (Å²) in [5.74, 6) is 1.27. The van der Waals surface area contributed by atoms with Crippen molar-refractivity contribution in [2.75, 3.05) is 13.1 Å². The molecule has 0 radical (unpaired) electrons. The van der Waals surface area contributed by atoms with E-state index in [1.165, 1.54) is 0 Å². The Balaban J connectivity index is 1.59. The third-order valence-corrected chi connectivity index (χ3v) is 5.48. The monoisotopic (exact) mass is 374 g/mol. The van der Waals surface area contributed by atoms with Crippen LogP contribution in [0.2, 0.25) is 0 Å². The Morgan fingerprint density at radius 1 is 1.17 bits per heavy atom. The van der Waals surface area contributed by atoms with Gasteiger partial charge < -0.3 is 9.67 Å². The first-order chi connectivity index (χ1) is 11.1. The molecule has 2 aliphatic heterocycles. The summed E-state index contributed by atoms with van der Waals surface area (Å²) in [6.45, 7) is 3.47. The van der Waals surface area contributed by atoms with Gasteiger partial charge in [-0.15, -0.1) is 0 Å². The highest BCUT2D eigenvalue weighted by Gasteiger charge is 2.34. The molecule has 1 fully saturated rings. The van der Waals surface area contributed by atoms with E-state index < -0.39 is 0 Å². The van der Waals surface area contributed by atoms with Crippen LogP contribution in [0.1, 0.15) is 23.6 Å². The highest BCUT2D eigenvalue weighted by atomic mass is 79.9. The summed E-state index contributed by atoms with van der Waals surface area (Å²) in [5, 5.41) is 10.1. The summed E-state index contributed by atoms with van der Waals surface area (Å²) >= 11 is 3.47. The van der Waals surface area contributed by atoms with Crippen LogP contribution in [0.3, 0.4) is 0 Å². The minimum atomic E-state index is 0.121. The molecule has 1 N–H and O–H groups in total. The number of hydrogen-bond acceptors (Lipinski definition) is 3. The average molecular weight is 375 g/mol. The summed E-state index contributed by atoms with van der Waals surface area (Å²) in [6.07, 6.45) is 1.16. The molecular weight excluding hydrogens is 356 g/mol. The largest absolute Gasteiger partial charge is 0.508 e. The fraction of sp³-hybridized carbons (Fsp3) is 0.389. The number of fused-ring (bicyclic) bond motifs is 4. The molecule has 2 bridgehead atoms. The Morgan fingerprint density at radius 3 is 2.91 bits per heavy atom. The van der Waals surface area contributed by atoms with Crippen molar-refractivity contribution in [3.05, 3.63) is 62.5 Å². The second-order valence-electron chi connectivity index (χ2n) is 6.67. The van der Waals surface area contributed by atoms with Gasteiger partial charge in [-0.1, -0.05) is 22.0 Å². The number of halogens is 1. The molecule has 0 amide bonds. The number of benzene rings is 1. The van der Waals surface area contributed by atoms with E-state index >= 15 is 0 Å². The number of likely N-dealkylation sites (tertiary alicyclic amines) is 1. The molecule has 2 aliphatic rings. The first-order valence-electron chi connectivity index (χ1n) is 7.99. The molecule has 4 rings (SSSR count). The molecule has 4 nitrogen and oxygen atoms in total. The minimum absolute atomic E-state index is 0.121. The Kier molecular flexibility index (Phi) is 3.77. The van der Waals surface area contributed by atoms with Crippen LogP contribution in [0.15, 0.2) is 45.7 Å². The van der Waals surface area contributed by atoms with Gasteiger partial charge in [-0.25, -0.2) is 0 Å². The average Bonchev–Trinajstić information content (AvgIpc) is 2.52. The van der Waals surface area contributed by atoms with Gasteiger partial charge in [0.2, 0.25) is 0 Å². The van der Waals surface area contributed by atoms with Gasteiger partial charge in [-0.05, 0) is 36.6 Å². The maximum Gasteiger partial charge on any atom is 0.250 e. The Bertz CT molecular complexity index is 802. The van der Waals surface area contributed by atoms with Crippen molar-refractivity contribution in [1.82, 2.24) is 9.47 Å². The minimum Gasteiger partial charge on any atom is -0.508 e. The lowest BCUT2D eigenvalue weighted by Crippen LogP contribution is -2.46. The normalized spacial score (nSPS) is 23.5. The number of aromatic hydroxyl groups is 1. The Labute approximate surface area is 143 Å². The van der Waals surface area contributed by atoms with Gasteiger partial charge in [0.15, 0.2) is 0 Å². The lowest BCUT2D eigenvalue weighted by Gasteiger charge is -2.42. The zero-order valence-electron chi connectivity index (χ0n) is 12.8. The highest BCUT2D eigenvalue weighted by Crippen LogP contribution is 2.36. The summed E-state index contributed by atoms with van der Waals surface area (Å²) in [5.41, 5.74) is 2.23. The van der Waals surface area contributed by atoms with Gasteiger partial charge in [0.05, 0.1) is 0 Å². The van der Waals surface area contributed by atoms with Gasteiger partial charge >= 0.3 is 0 Å². The van der Waals surface area contributed by atoms with Crippen LogP contribution in [0.25, 0.3) is 0 Å². The van der Waals surface area contributed by atoms with E-state index in [9.17, 15) is 9.90 Å². The standard InChI is InChI=1S/C18H19BrN2O2/c19-15-4-5-17(22)14(7-15)11-20-8-12-6-13(10-20)16-2-1-3-18(23)21(16)9-12/h1-5,7,12-13,22H,6,8-11H2. The number of rotatable bonds is 2. The molecule has 3 heterocycles. The van der Waals surface area contributed by atoms with Crippen LogP contribution in [0, 0.1) is 5.92 Å². The number of pyridine rings is 1. The molecule has 120 valence electrons. The zero-order chi connectivity index (χ0) is 16.0. The molecular formula is C18H19BrN2O2. The quantitative estimate of drug-likeness (QED) is 0.878. The molecule has 23 heavy (non-hydrogen) atoms. The number of phenols is 1. The predicted molar refractivity (Wildman–Crippen MR) is 92.6 cm³/mol. The zero-order valence-corrected chi connectivity index (χ0v) is 14.4. The van der Waals surface area contributed by atoms with Crippen molar-refractivity contribution in [2.24, 2.45) is 5.92 Å². The Hall–Kier alpha value is -1.59. The van der Waals surface area contributed by atoms with E-state index in [0.717, 1.165) is 48.3 Å². The van der Waals surface area contributed by atoms with Gasteiger partial charge in [0, 0.05) is 53.9 Å². The summed E-state index contributed by atoms with van der Waals surface area (Å²) < 4.78 is 2.94. The molecule has 1 aromatic carbocycles. The molecule has 1 saturated heterocycles. The second kappa shape index (κ2) is 5.80. The van der Waals surface area contributed by atoms with E-state index in [0.29, 0.717) is 17.6 Å². The van der Waals surface area contributed by atoms with E-state index in [1.54, 1.807) is 12.1 Å². The fourth-order valence-electron chi connectivity index (χ4n) is 4.05. The molecule has 5 heteroatoms. The van der Waals surface area contributed by atoms with Gasteiger partial charge in [-0.3, -0.25) is 9.69 Å². The number of piperidine rings is 1. The van der Waals surface area contributed by atoms with E-state index in [1.807, 2.05) is 22.8 Å². The maximum atomic E-state index is 12.1. The smallest absolute Gasteiger partial charge is 0.250 e. The predicted octanol–water partition coefficient (Wildman–Crippen LogP) is 2.94. The van der Waals surface area contributed by atoms with Crippen molar-refractivity contribution >= 4 is 15.9 Å². The van der Waals surface area contributed by atoms with Crippen molar-refractivity contribution in [2.45, 2.75) is 25.4 Å². The lowest BCUT2D eigenvalue weighted by molar-refractivity contribution is 0.113. The molecule has 0 saturated carbocycles. The molecule has 0 aliphatic carbocycles. The molecule has 2 unspecified atom stereocenters. The fourth-order valence-corrected chi connectivity index (χ4v) is 4.45. The van der Waals surface area contributed by atoms with E-state index in [2.05, 4.69) is 26.9 Å². The SMILES string of the molecule is O=c1cccc2n1CC1CC2CN(Cc2cc(Br)ccc2O)C1. The van der Waals surface area contributed by atoms with Crippen LogP contribution in [0.5, 0.6) is 5.75 Å². The number of hydrogen-bond donors (Lipinski definition) is 1. The van der Waals surface area contributed by atoms with Gasteiger partial charge in [-0.2, -0.15) is 0 Å². The van der Waals surface area contributed by atoms with Crippen molar-refractivity contribution in [3.63, 3.8) is 0 Å². The first-order valence-corrected chi connectivity index (χ1v) is 8.79. The summed E-state index contributed by atoms with van der Waals surface area (Å²) in [4.78, 5) is 14.5. The van der Waals surface area contributed by atoms with Crippen molar-refractivity contribution in [3.8, 4) is 5.75 Å². The van der Waals surface area contributed by atoms with Crippen molar-refractivity contribution < 1.29 is 5.11 Å². The third kappa shape index (κ3) is 2.83. The van der Waals surface area contributed by atoms with Crippen LogP contribution >= 0.6 is 15.9 Å². The van der Waals surface area contributed by atoms with Gasteiger partial charge in [0.1, 0.15) is 5.75 Å². The molecule has 0 spiro atoms. The summed E-state index contributed by atoms with van der Waals surface area (Å²) in [7, 11) is 0. The summed E-state index contributed by atoms with van der Waals surface area (Å²) in [6, 6.07) is 11.2. The van der Waals surface area contributed by atoms with E-state index in [4.69, 9.17) is 0 Å². The van der Waals surface area contributed by atoms with Crippen molar-refractivity contribution in [1.29, 1.82) is 0 Å². The highest BCUT2D eigenvalue weighted by molar-refractivity contribution is 9.10. The molecule has 2 atom stereocenters. The molecule has 2 aromatic rings.